The molecule has 0 spiro atoms. The summed E-state index contributed by atoms with van der Waals surface area (Å²) >= 11 is 11.8. The van der Waals surface area contributed by atoms with Crippen molar-refractivity contribution in [3.05, 3.63) is 22.2 Å². The maximum Gasteiger partial charge on any atom is 0.239 e. The lowest BCUT2D eigenvalue weighted by Gasteiger charge is -2.10. The molecule has 1 aromatic rings. The first kappa shape index (κ1) is 13.0. The minimum Gasteiger partial charge on any atom is -0.492 e. The highest BCUT2D eigenvalue weighted by Gasteiger charge is 2.23. The van der Waals surface area contributed by atoms with Crippen molar-refractivity contribution in [2.45, 2.75) is 17.7 Å². The van der Waals surface area contributed by atoms with E-state index in [9.17, 15) is 8.42 Å². The van der Waals surface area contributed by atoms with Crippen LogP contribution in [-0.4, -0.2) is 15.0 Å². The van der Waals surface area contributed by atoms with Gasteiger partial charge in [0.05, 0.1) is 11.6 Å². The molecule has 0 aliphatic heterocycles. The van der Waals surface area contributed by atoms with Gasteiger partial charge in [-0.3, -0.25) is 0 Å². The number of benzene rings is 1. The van der Waals surface area contributed by atoms with Gasteiger partial charge in [-0.2, -0.15) is 0 Å². The zero-order valence-corrected chi connectivity index (χ0v) is 11.1. The van der Waals surface area contributed by atoms with Crippen molar-refractivity contribution in [2.75, 3.05) is 6.61 Å². The Morgan fingerprint density at radius 2 is 1.94 bits per heavy atom. The van der Waals surface area contributed by atoms with Crippen LogP contribution in [0.1, 0.15) is 12.8 Å². The van der Waals surface area contributed by atoms with Crippen LogP contribution in [0.15, 0.2) is 17.0 Å². The third-order valence-corrected chi connectivity index (χ3v) is 4.42. The number of sulfonamides is 1. The second-order valence-corrected chi connectivity index (χ2v) is 6.27. The van der Waals surface area contributed by atoms with Crippen LogP contribution >= 0.6 is 23.2 Å². The summed E-state index contributed by atoms with van der Waals surface area (Å²) in [6.07, 6.45) is 2.31. The average Bonchev–Trinajstić information content (AvgIpc) is 3.02. The van der Waals surface area contributed by atoms with E-state index in [0.717, 1.165) is 12.8 Å². The fourth-order valence-corrected chi connectivity index (χ4v) is 2.70. The standard InChI is InChI=1S/C10H11Cl2NO3S/c11-9-7(16-5-6-1-2-6)3-4-8(10(9)12)17(13,14)15/h3-4,6H,1-2,5H2,(H2,13,14,15). The second-order valence-electron chi connectivity index (χ2n) is 3.99. The first-order chi connectivity index (χ1) is 7.89. The van der Waals surface area contributed by atoms with E-state index < -0.39 is 10.0 Å². The zero-order chi connectivity index (χ0) is 12.6. The molecule has 1 fully saturated rings. The molecular weight excluding hydrogens is 285 g/mol. The van der Waals surface area contributed by atoms with E-state index >= 15 is 0 Å². The summed E-state index contributed by atoms with van der Waals surface area (Å²) < 4.78 is 27.8. The molecule has 1 aromatic carbocycles. The second kappa shape index (κ2) is 4.65. The molecule has 4 nitrogen and oxygen atoms in total. The Morgan fingerprint density at radius 3 is 2.47 bits per heavy atom. The van der Waals surface area contributed by atoms with Gasteiger partial charge >= 0.3 is 0 Å². The molecule has 2 N–H and O–H groups in total. The molecule has 0 aromatic heterocycles. The van der Waals surface area contributed by atoms with Gasteiger partial charge in [-0.05, 0) is 30.9 Å². The molecule has 1 aliphatic rings. The third-order valence-electron chi connectivity index (χ3n) is 2.49. The number of hydrogen-bond acceptors (Lipinski definition) is 3. The Bertz CT molecular complexity index is 541. The van der Waals surface area contributed by atoms with Crippen molar-refractivity contribution < 1.29 is 13.2 Å². The summed E-state index contributed by atoms with van der Waals surface area (Å²) in [4.78, 5) is -0.192. The first-order valence-electron chi connectivity index (χ1n) is 5.03. The van der Waals surface area contributed by atoms with Crippen LogP contribution in [0.25, 0.3) is 0 Å². The van der Waals surface area contributed by atoms with Gasteiger partial charge in [0.1, 0.15) is 15.7 Å². The number of rotatable bonds is 4. The van der Waals surface area contributed by atoms with E-state index in [1.54, 1.807) is 0 Å². The molecule has 0 bridgehead atoms. The van der Waals surface area contributed by atoms with Gasteiger partial charge in [-0.25, -0.2) is 13.6 Å². The fraction of sp³-hybridized carbons (Fsp3) is 0.400. The largest absolute Gasteiger partial charge is 0.492 e. The highest BCUT2D eigenvalue weighted by Crippen LogP contribution is 2.37. The number of ether oxygens (including phenoxy) is 1. The van der Waals surface area contributed by atoms with E-state index in [0.29, 0.717) is 18.3 Å². The minimum absolute atomic E-state index is 0.0823. The van der Waals surface area contributed by atoms with Gasteiger partial charge in [0, 0.05) is 0 Å². The molecule has 7 heteroatoms. The Hall–Kier alpha value is -0.490. The quantitative estimate of drug-likeness (QED) is 0.927. The predicted molar refractivity (Wildman–Crippen MR) is 66.1 cm³/mol. The molecule has 94 valence electrons. The molecule has 2 rings (SSSR count). The number of halogens is 2. The highest BCUT2D eigenvalue weighted by molar-refractivity contribution is 7.89. The molecule has 0 radical (unpaired) electrons. The van der Waals surface area contributed by atoms with Gasteiger partial charge in [0.2, 0.25) is 10.0 Å². The van der Waals surface area contributed by atoms with Crippen LogP contribution in [0.4, 0.5) is 0 Å². The van der Waals surface area contributed by atoms with E-state index in [1.165, 1.54) is 12.1 Å². The molecule has 0 amide bonds. The van der Waals surface area contributed by atoms with Crippen molar-refractivity contribution in [3.8, 4) is 5.75 Å². The molecule has 0 saturated heterocycles. The van der Waals surface area contributed by atoms with Crippen LogP contribution in [0, 0.1) is 5.92 Å². The van der Waals surface area contributed by atoms with Crippen LogP contribution in [0.2, 0.25) is 10.0 Å². The van der Waals surface area contributed by atoms with E-state index in [-0.39, 0.29) is 14.9 Å². The maximum atomic E-state index is 11.2. The molecule has 0 heterocycles. The number of nitrogens with two attached hydrogens (primary N) is 1. The minimum atomic E-state index is -3.86. The summed E-state index contributed by atoms with van der Waals surface area (Å²) in [5.41, 5.74) is 0. The normalized spacial score (nSPS) is 15.9. The smallest absolute Gasteiger partial charge is 0.239 e. The van der Waals surface area contributed by atoms with Gasteiger partial charge in [-0.15, -0.1) is 0 Å². The van der Waals surface area contributed by atoms with Gasteiger partial charge in [0.15, 0.2) is 0 Å². The van der Waals surface area contributed by atoms with Crippen LogP contribution < -0.4 is 9.88 Å². The Kier molecular flexibility index (Phi) is 3.54. The summed E-state index contributed by atoms with van der Waals surface area (Å²) in [6, 6.07) is 2.77. The van der Waals surface area contributed by atoms with Gasteiger partial charge in [0.25, 0.3) is 0 Å². The lowest BCUT2D eigenvalue weighted by molar-refractivity contribution is 0.300. The third kappa shape index (κ3) is 3.04. The summed E-state index contributed by atoms with van der Waals surface area (Å²) in [7, 11) is -3.86. The van der Waals surface area contributed by atoms with E-state index in [1.807, 2.05) is 0 Å². The highest BCUT2D eigenvalue weighted by atomic mass is 35.5. The summed E-state index contributed by atoms with van der Waals surface area (Å²) in [6.45, 7) is 0.574. The number of primary sulfonamides is 1. The van der Waals surface area contributed by atoms with E-state index in [4.69, 9.17) is 33.1 Å². The zero-order valence-electron chi connectivity index (χ0n) is 8.82. The van der Waals surface area contributed by atoms with Gasteiger partial charge in [-0.1, -0.05) is 23.2 Å². The van der Waals surface area contributed by atoms with Crippen molar-refractivity contribution in [1.82, 2.24) is 0 Å². The van der Waals surface area contributed by atoms with Gasteiger partial charge < -0.3 is 4.74 Å². The van der Waals surface area contributed by atoms with Crippen LogP contribution in [-0.2, 0) is 10.0 Å². The fourth-order valence-electron chi connectivity index (χ4n) is 1.34. The predicted octanol–water partition coefficient (Wildman–Crippen LogP) is 2.43. The molecule has 0 unspecified atom stereocenters. The van der Waals surface area contributed by atoms with Crippen molar-refractivity contribution in [2.24, 2.45) is 11.1 Å². The number of hydrogen-bond donors (Lipinski definition) is 1. The Balaban J connectivity index is 2.28. The molecule has 0 atom stereocenters. The average molecular weight is 296 g/mol. The van der Waals surface area contributed by atoms with E-state index in [2.05, 4.69) is 0 Å². The Morgan fingerprint density at radius 1 is 1.29 bits per heavy atom. The topological polar surface area (TPSA) is 69.4 Å². The Labute approximate surface area is 110 Å². The first-order valence-corrected chi connectivity index (χ1v) is 7.33. The summed E-state index contributed by atoms with van der Waals surface area (Å²) in [5.74, 6) is 0.957. The molecule has 1 saturated carbocycles. The molecule has 1 aliphatic carbocycles. The monoisotopic (exact) mass is 295 g/mol. The van der Waals surface area contributed by atoms with Crippen LogP contribution in [0.5, 0.6) is 5.75 Å². The molecular formula is C10H11Cl2NO3S. The van der Waals surface area contributed by atoms with Crippen LogP contribution in [0.3, 0.4) is 0 Å². The lowest BCUT2D eigenvalue weighted by atomic mass is 10.3. The lowest BCUT2D eigenvalue weighted by Crippen LogP contribution is -2.13. The maximum absolute atomic E-state index is 11.2. The van der Waals surface area contributed by atoms with Crippen molar-refractivity contribution in [3.63, 3.8) is 0 Å². The molecule has 17 heavy (non-hydrogen) atoms. The SMILES string of the molecule is NS(=O)(=O)c1ccc(OCC2CC2)c(Cl)c1Cl. The summed E-state index contributed by atoms with van der Waals surface area (Å²) in [5, 5.41) is 4.98. The van der Waals surface area contributed by atoms with Crippen molar-refractivity contribution >= 4 is 33.2 Å². The van der Waals surface area contributed by atoms with Crippen molar-refractivity contribution in [1.29, 1.82) is 0 Å².